The molecule has 0 fully saturated rings. The maximum Gasteiger partial charge on any atom is 0.488 e. The molecule has 2 aromatic carbocycles. The maximum atomic E-state index is 12.2. The normalized spacial score (nSPS) is 10.7. The molecule has 23 heavy (non-hydrogen) atoms. The van der Waals surface area contributed by atoms with E-state index >= 15 is 0 Å². The molecule has 0 aliphatic rings. The van der Waals surface area contributed by atoms with Crippen LogP contribution in [0.15, 0.2) is 42.5 Å². The average Bonchev–Trinajstić information content (AvgIpc) is 2.53. The van der Waals surface area contributed by atoms with Crippen LogP contribution in [-0.4, -0.2) is 23.1 Å². The van der Waals surface area contributed by atoms with E-state index in [2.05, 4.69) is 19.2 Å². The van der Waals surface area contributed by atoms with E-state index in [0.29, 0.717) is 23.5 Å². The van der Waals surface area contributed by atoms with Crippen molar-refractivity contribution < 1.29 is 14.8 Å². The van der Waals surface area contributed by atoms with Gasteiger partial charge >= 0.3 is 7.12 Å². The fourth-order valence-electron chi connectivity index (χ4n) is 2.37. The fourth-order valence-corrected chi connectivity index (χ4v) is 2.37. The summed E-state index contributed by atoms with van der Waals surface area (Å²) in [5, 5.41) is 21.2. The van der Waals surface area contributed by atoms with Gasteiger partial charge in [0, 0.05) is 12.1 Å². The second-order valence-electron chi connectivity index (χ2n) is 6.02. The lowest BCUT2D eigenvalue weighted by molar-refractivity contribution is 0.0951. The van der Waals surface area contributed by atoms with E-state index in [1.54, 1.807) is 18.2 Å². The molecule has 0 aliphatic heterocycles. The number of aryl methyl sites for hydroxylation is 1. The number of hydrogen-bond acceptors (Lipinski definition) is 3. The lowest BCUT2D eigenvalue weighted by atomic mass is 9.79. The van der Waals surface area contributed by atoms with Crippen LogP contribution in [0.25, 0.3) is 0 Å². The molecule has 0 atom stereocenters. The van der Waals surface area contributed by atoms with Gasteiger partial charge in [-0.05, 0) is 47.1 Å². The monoisotopic (exact) mass is 311 g/mol. The number of rotatable bonds is 5. The van der Waals surface area contributed by atoms with Crippen molar-refractivity contribution in [2.45, 2.75) is 33.2 Å². The second kappa shape index (κ2) is 7.44. The highest BCUT2D eigenvalue weighted by molar-refractivity contribution is 6.58. The summed E-state index contributed by atoms with van der Waals surface area (Å²) in [6.07, 6.45) is 0. The zero-order chi connectivity index (χ0) is 17.0. The summed E-state index contributed by atoms with van der Waals surface area (Å²) >= 11 is 0. The molecular weight excluding hydrogens is 289 g/mol. The third-order valence-corrected chi connectivity index (χ3v) is 3.94. The van der Waals surface area contributed by atoms with Gasteiger partial charge in [0.2, 0.25) is 0 Å². The minimum Gasteiger partial charge on any atom is -0.423 e. The van der Waals surface area contributed by atoms with Crippen LogP contribution in [0.1, 0.15) is 46.8 Å². The Balaban J connectivity index is 2.01. The van der Waals surface area contributed by atoms with Crippen LogP contribution in [0.5, 0.6) is 0 Å². The molecule has 3 N–H and O–H groups in total. The first-order chi connectivity index (χ1) is 10.9. The molecule has 0 aliphatic carbocycles. The van der Waals surface area contributed by atoms with Crippen molar-refractivity contribution in [1.82, 2.24) is 5.32 Å². The SMILES string of the molecule is Cc1cc(B(O)O)ccc1CNC(=O)c1ccc(C(C)C)cc1. The summed E-state index contributed by atoms with van der Waals surface area (Å²) in [5.74, 6) is 0.320. The van der Waals surface area contributed by atoms with E-state index in [1.165, 1.54) is 5.56 Å². The van der Waals surface area contributed by atoms with E-state index in [9.17, 15) is 4.79 Å². The largest absolute Gasteiger partial charge is 0.488 e. The maximum absolute atomic E-state index is 12.2. The van der Waals surface area contributed by atoms with Gasteiger partial charge in [0.25, 0.3) is 5.91 Å². The predicted molar refractivity (Wildman–Crippen MR) is 92.7 cm³/mol. The summed E-state index contributed by atoms with van der Waals surface area (Å²) in [7, 11) is -1.48. The molecule has 0 unspecified atom stereocenters. The molecule has 0 aromatic heterocycles. The first-order valence-corrected chi connectivity index (χ1v) is 7.72. The van der Waals surface area contributed by atoms with E-state index in [0.717, 1.165) is 11.1 Å². The van der Waals surface area contributed by atoms with Gasteiger partial charge in [-0.3, -0.25) is 4.79 Å². The number of benzene rings is 2. The van der Waals surface area contributed by atoms with Gasteiger partial charge < -0.3 is 15.4 Å². The standard InChI is InChI=1S/C18H22BNO3/c1-12(2)14-4-6-15(7-5-14)18(21)20-11-16-8-9-17(19(22)23)10-13(16)3/h4-10,12,22-23H,11H2,1-3H3,(H,20,21). The quantitative estimate of drug-likeness (QED) is 0.737. The van der Waals surface area contributed by atoms with Crippen LogP contribution in [0.2, 0.25) is 0 Å². The first kappa shape index (κ1) is 17.3. The molecule has 4 nitrogen and oxygen atoms in total. The van der Waals surface area contributed by atoms with E-state index in [4.69, 9.17) is 10.0 Å². The minimum atomic E-state index is -1.48. The lowest BCUT2D eigenvalue weighted by Crippen LogP contribution is -2.30. The Bertz CT molecular complexity index is 681. The van der Waals surface area contributed by atoms with Gasteiger partial charge in [0.1, 0.15) is 0 Å². The zero-order valence-electron chi connectivity index (χ0n) is 13.7. The van der Waals surface area contributed by atoms with Gasteiger partial charge in [-0.15, -0.1) is 0 Å². The third kappa shape index (κ3) is 4.44. The third-order valence-electron chi connectivity index (χ3n) is 3.94. The van der Waals surface area contributed by atoms with Gasteiger partial charge in [-0.25, -0.2) is 0 Å². The molecule has 0 saturated carbocycles. The van der Waals surface area contributed by atoms with Crippen LogP contribution in [0.4, 0.5) is 0 Å². The van der Waals surface area contributed by atoms with Gasteiger partial charge in [0.15, 0.2) is 0 Å². The van der Waals surface area contributed by atoms with Gasteiger partial charge in [-0.2, -0.15) is 0 Å². The number of carbonyl (C=O) groups is 1. The molecule has 0 saturated heterocycles. The lowest BCUT2D eigenvalue weighted by Gasteiger charge is -2.11. The van der Waals surface area contributed by atoms with Gasteiger partial charge in [0.05, 0.1) is 0 Å². The summed E-state index contributed by atoms with van der Waals surface area (Å²) in [4.78, 5) is 12.2. The summed E-state index contributed by atoms with van der Waals surface area (Å²) < 4.78 is 0. The van der Waals surface area contributed by atoms with Crippen LogP contribution >= 0.6 is 0 Å². The molecular formula is C18H22BNO3. The van der Waals surface area contributed by atoms with Crippen LogP contribution in [-0.2, 0) is 6.54 Å². The molecule has 2 rings (SSSR count). The Labute approximate surface area is 137 Å². The second-order valence-corrected chi connectivity index (χ2v) is 6.02. The Morgan fingerprint density at radius 2 is 1.78 bits per heavy atom. The van der Waals surface area contributed by atoms with Crippen molar-refractivity contribution in [2.75, 3.05) is 0 Å². The molecule has 0 heterocycles. The van der Waals surface area contributed by atoms with Crippen LogP contribution in [0, 0.1) is 6.92 Å². The number of amides is 1. The highest BCUT2D eigenvalue weighted by Crippen LogP contribution is 2.15. The predicted octanol–water partition coefficient (Wildman–Crippen LogP) is 1.73. The summed E-state index contributed by atoms with van der Waals surface area (Å²) in [6, 6.07) is 12.8. The van der Waals surface area contributed by atoms with Crippen molar-refractivity contribution >= 4 is 18.5 Å². The highest BCUT2D eigenvalue weighted by Gasteiger charge is 2.12. The topological polar surface area (TPSA) is 69.6 Å². The van der Waals surface area contributed by atoms with Crippen LogP contribution in [0.3, 0.4) is 0 Å². The Hall–Kier alpha value is -2.11. The molecule has 1 amide bonds. The fraction of sp³-hybridized carbons (Fsp3) is 0.278. The van der Waals surface area contributed by atoms with Crippen LogP contribution < -0.4 is 10.8 Å². The minimum absolute atomic E-state index is 0.119. The molecule has 5 heteroatoms. The van der Waals surface area contributed by atoms with Gasteiger partial charge in [-0.1, -0.05) is 44.2 Å². The number of nitrogens with one attached hydrogen (secondary N) is 1. The Kier molecular flexibility index (Phi) is 5.58. The van der Waals surface area contributed by atoms with Crippen molar-refractivity contribution in [3.8, 4) is 0 Å². The van der Waals surface area contributed by atoms with Crippen molar-refractivity contribution in [1.29, 1.82) is 0 Å². The van der Waals surface area contributed by atoms with E-state index in [-0.39, 0.29) is 5.91 Å². The van der Waals surface area contributed by atoms with E-state index < -0.39 is 7.12 Å². The molecule has 0 radical (unpaired) electrons. The van der Waals surface area contributed by atoms with Crippen molar-refractivity contribution in [2.24, 2.45) is 0 Å². The van der Waals surface area contributed by atoms with Crippen molar-refractivity contribution in [3.05, 3.63) is 64.7 Å². The van der Waals surface area contributed by atoms with Crippen molar-refractivity contribution in [3.63, 3.8) is 0 Å². The molecule has 2 aromatic rings. The highest BCUT2D eigenvalue weighted by atomic mass is 16.4. The Morgan fingerprint density at radius 3 is 2.30 bits per heavy atom. The average molecular weight is 311 g/mol. The smallest absolute Gasteiger partial charge is 0.423 e. The first-order valence-electron chi connectivity index (χ1n) is 7.72. The molecule has 0 spiro atoms. The summed E-state index contributed by atoms with van der Waals surface area (Å²) in [6.45, 7) is 6.51. The number of carbonyl (C=O) groups excluding carboxylic acids is 1. The summed E-state index contributed by atoms with van der Waals surface area (Å²) in [5.41, 5.74) is 4.14. The number of hydrogen-bond donors (Lipinski definition) is 3. The Morgan fingerprint density at radius 1 is 1.13 bits per heavy atom. The zero-order valence-corrected chi connectivity index (χ0v) is 13.7. The van der Waals surface area contributed by atoms with E-state index in [1.807, 2.05) is 31.2 Å². The molecule has 0 bridgehead atoms. The molecule has 120 valence electrons.